The molecule has 4 nitrogen and oxygen atoms in total. The Morgan fingerprint density at radius 1 is 1.05 bits per heavy atom. The molecule has 4 heteroatoms. The lowest BCUT2D eigenvalue weighted by Crippen LogP contribution is -2.26. The van der Waals surface area contributed by atoms with Gasteiger partial charge in [-0.1, -0.05) is 29.8 Å². The van der Waals surface area contributed by atoms with E-state index in [-0.39, 0.29) is 18.1 Å². The number of hydrogen-bond acceptors (Lipinski definition) is 3. The smallest absolute Gasteiger partial charge is 0.251 e. The number of carbonyl (C=O) groups is 2. The van der Waals surface area contributed by atoms with Crippen molar-refractivity contribution in [3.8, 4) is 0 Å². The molecule has 0 unspecified atom stereocenters. The second-order valence-corrected chi connectivity index (χ2v) is 5.33. The van der Waals surface area contributed by atoms with Gasteiger partial charge in [0, 0.05) is 29.8 Å². The highest BCUT2D eigenvalue weighted by Gasteiger charge is 2.12. The molecule has 0 radical (unpaired) electrons. The quantitative estimate of drug-likeness (QED) is 0.658. The fourth-order valence-electron chi connectivity index (χ4n) is 2.26. The second-order valence-electron chi connectivity index (χ2n) is 5.33. The van der Waals surface area contributed by atoms with Gasteiger partial charge >= 0.3 is 0 Å². The molecule has 0 saturated heterocycles. The fourth-order valence-corrected chi connectivity index (χ4v) is 2.26. The molecule has 22 heavy (non-hydrogen) atoms. The van der Waals surface area contributed by atoms with Crippen LogP contribution >= 0.6 is 0 Å². The highest BCUT2D eigenvalue weighted by molar-refractivity contribution is 6.01. The summed E-state index contributed by atoms with van der Waals surface area (Å²) < 4.78 is 0. The Bertz CT molecular complexity index is 708. The zero-order valence-electron chi connectivity index (χ0n) is 12.8. The number of nitrogens with one attached hydrogen (secondary N) is 1. The van der Waals surface area contributed by atoms with Crippen LogP contribution in [0.2, 0.25) is 0 Å². The van der Waals surface area contributed by atoms with Crippen LogP contribution in [0, 0.1) is 13.8 Å². The predicted octanol–water partition coefficient (Wildman–Crippen LogP) is 2.89. The van der Waals surface area contributed by atoms with E-state index in [1.807, 2.05) is 38.1 Å². The van der Waals surface area contributed by atoms with Crippen molar-refractivity contribution in [3.63, 3.8) is 0 Å². The average molecular weight is 296 g/mol. The number of amides is 1. The maximum atomic E-state index is 12.2. The van der Waals surface area contributed by atoms with E-state index in [9.17, 15) is 9.59 Å². The van der Waals surface area contributed by atoms with Crippen molar-refractivity contribution in [2.75, 3.05) is 12.3 Å². The summed E-state index contributed by atoms with van der Waals surface area (Å²) in [5, 5.41) is 2.77. The summed E-state index contributed by atoms with van der Waals surface area (Å²) >= 11 is 0. The van der Waals surface area contributed by atoms with Crippen molar-refractivity contribution in [2.45, 2.75) is 20.3 Å². The maximum absolute atomic E-state index is 12.2. The monoisotopic (exact) mass is 296 g/mol. The van der Waals surface area contributed by atoms with Crippen LogP contribution in [0.25, 0.3) is 0 Å². The molecule has 2 aromatic rings. The number of rotatable bonds is 5. The van der Waals surface area contributed by atoms with Crippen LogP contribution in [-0.4, -0.2) is 18.2 Å². The Morgan fingerprint density at radius 2 is 1.77 bits per heavy atom. The molecule has 2 aromatic carbocycles. The van der Waals surface area contributed by atoms with Crippen LogP contribution in [0.4, 0.5) is 5.69 Å². The summed E-state index contributed by atoms with van der Waals surface area (Å²) in [4.78, 5) is 24.2. The Hall–Kier alpha value is -2.62. The van der Waals surface area contributed by atoms with E-state index < -0.39 is 0 Å². The Morgan fingerprint density at radius 3 is 2.50 bits per heavy atom. The molecule has 0 aliphatic carbocycles. The van der Waals surface area contributed by atoms with Gasteiger partial charge in [-0.25, -0.2) is 0 Å². The molecule has 1 amide bonds. The van der Waals surface area contributed by atoms with Gasteiger partial charge in [-0.2, -0.15) is 0 Å². The van der Waals surface area contributed by atoms with Gasteiger partial charge in [0.1, 0.15) is 0 Å². The predicted molar refractivity (Wildman–Crippen MR) is 88.1 cm³/mol. The molecule has 0 saturated carbocycles. The molecule has 0 spiro atoms. The van der Waals surface area contributed by atoms with Gasteiger partial charge in [0.15, 0.2) is 5.78 Å². The summed E-state index contributed by atoms with van der Waals surface area (Å²) in [5.41, 5.74) is 9.34. The van der Waals surface area contributed by atoms with Gasteiger partial charge in [0.2, 0.25) is 0 Å². The Labute approximate surface area is 130 Å². The van der Waals surface area contributed by atoms with E-state index in [1.165, 1.54) is 0 Å². The molecule has 0 heterocycles. The topological polar surface area (TPSA) is 72.2 Å². The molecule has 0 aliphatic rings. The number of hydrogen-bond donors (Lipinski definition) is 2. The van der Waals surface area contributed by atoms with Crippen LogP contribution in [-0.2, 0) is 0 Å². The number of nitrogen functional groups attached to an aromatic ring is 1. The van der Waals surface area contributed by atoms with E-state index in [0.717, 1.165) is 11.1 Å². The number of benzene rings is 2. The zero-order chi connectivity index (χ0) is 16.1. The normalized spacial score (nSPS) is 10.3. The molecule has 0 aromatic heterocycles. The lowest BCUT2D eigenvalue weighted by molar-refractivity contribution is 0.0940. The molecule has 2 rings (SSSR count). The SMILES string of the molecule is Cc1ccc(N)c(C(=O)CCNC(=O)c2ccccc2C)c1. The number of aryl methyl sites for hydroxylation is 2. The van der Waals surface area contributed by atoms with E-state index in [0.29, 0.717) is 23.4 Å². The zero-order valence-corrected chi connectivity index (χ0v) is 12.8. The highest BCUT2D eigenvalue weighted by atomic mass is 16.1. The van der Waals surface area contributed by atoms with E-state index in [4.69, 9.17) is 5.73 Å². The third-order valence-corrected chi connectivity index (χ3v) is 3.54. The first-order valence-electron chi connectivity index (χ1n) is 7.22. The minimum absolute atomic E-state index is 0.0636. The summed E-state index contributed by atoms with van der Waals surface area (Å²) in [7, 11) is 0. The summed E-state index contributed by atoms with van der Waals surface area (Å²) in [5.74, 6) is -0.227. The van der Waals surface area contributed by atoms with Gasteiger partial charge in [-0.15, -0.1) is 0 Å². The second kappa shape index (κ2) is 6.89. The molecular formula is C18H20N2O2. The summed E-state index contributed by atoms with van der Waals surface area (Å²) in [6.45, 7) is 4.09. The number of anilines is 1. The van der Waals surface area contributed by atoms with Crippen LogP contribution in [0.1, 0.15) is 38.3 Å². The standard InChI is InChI=1S/C18H20N2O2/c1-12-7-8-16(19)15(11-12)17(21)9-10-20-18(22)14-6-4-3-5-13(14)2/h3-8,11H,9-10,19H2,1-2H3,(H,20,22). The third kappa shape index (κ3) is 3.73. The van der Waals surface area contributed by atoms with Crippen molar-refractivity contribution >= 4 is 17.4 Å². The minimum atomic E-state index is -0.164. The van der Waals surface area contributed by atoms with Crippen molar-refractivity contribution in [1.82, 2.24) is 5.32 Å². The number of nitrogens with two attached hydrogens (primary N) is 1. The van der Waals surface area contributed by atoms with Crippen molar-refractivity contribution < 1.29 is 9.59 Å². The van der Waals surface area contributed by atoms with Crippen LogP contribution in [0.5, 0.6) is 0 Å². The van der Waals surface area contributed by atoms with Crippen molar-refractivity contribution in [1.29, 1.82) is 0 Å². The summed E-state index contributed by atoms with van der Waals surface area (Å²) in [6.07, 6.45) is 0.227. The van der Waals surface area contributed by atoms with Crippen molar-refractivity contribution in [3.05, 3.63) is 64.7 Å². The lowest BCUT2D eigenvalue weighted by atomic mass is 10.0. The molecule has 0 atom stereocenters. The van der Waals surface area contributed by atoms with Gasteiger partial charge in [0.25, 0.3) is 5.91 Å². The van der Waals surface area contributed by atoms with E-state index >= 15 is 0 Å². The van der Waals surface area contributed by atoms with Crippen LogP contribution in [0.3, 0.4) is 0 Å². The van der Waals surface area contributed by atoms with E-state index in [2.05, 4.69) is 5.32 Å². The average Bonchev–Trinajstić information content (AvgIpc) is 2.49. The first kappa shape index (κ1) is 15.8. The Kier molecular flexibility index (Phi) is 4.94. The highest BCUT2D eigenvalue weighted by Crippen LogP contribution is 2.15. The van der Waals surface area contributed by atoms with Gasteiger partial charge in [-0.05, 0) is 37.6 Å². The minimum Gasteiger partial charge on any atom is -0.398 e. The largest absolute Gasteiger partial charge is 0.398 e. The number of carbonyl (C=O) groups excluding carboxylic acids is 2. The Balaban J connectivity index is 1.94. The van der Waals surface area contributed by atoms with Gasteiger partial charge < -0.3 is 11.1 Å². The molecule has 0 fully saturated rings. The van der Waals surface area contributed by atoms with E-state index in [1.54, 1.807) is 18.2 Å². The third-order valence-electron chi connectivity index (χ3n) is 3.54. The van der Waals surface area contributed by atoms with Crippen LogP contribution < -0.4 is 11.1 Å². The fraction of sp³-hybridized carbons (Fsp3) is 0.222. The van der Waals surface area contributed by atoms with Gasteiger partial charge in [0.05, 0.1) is 0 Å². The first-order valence-corrected chi connectivity index (χ1v) is 7.22. The molecule has 0 aliphatic heterocycles. The first-order chi connectivity index (χ1) is 10.5. The number of ketones is 1. The summed E-state index contributed by atoms with van der Waals surface area (Å²) in [6, 6.07) is 12.7. The molecule has 0 bridgehead atoms. The van der Waals surface area contributed by atoms with Crippen LogP contribution in [0.15, 0.2) is 42.5 Å². The molecule has 114 valence electrons. The number of Topliss-reactive ketones (excluding diaryl/α,β-unsaturated/α-hetero) is 1. The maximum Gasteiger partial charge on any atom is 0.251 e. The van der Waals surface area contributed by atoms with Crippen molar-refractivity contribution in [2.24, 2.45) is 0 Å². The van der Waals surface area contributed by atoms with Gasteiger partial charge in [-0.3, -0.25) is 9.59 Å². The molecular weight excluding hydrogens is 276 g/mol. The lowest BCUT2D eigenvalue weighted by Gasteiger charge is -2.08. The molecule has 3 N–H and O–H groups in total.